The van der Waals surface area contributed by atoms with E-state index in [0.717, 1.165) is 13.2 Å². The summed E-state index contributed by atoms with van der Waals surface area (Å²) in [4.78, 5) is 23.8. The molecule has 82 valence electrons. The Morgan fingerprint density at radius 3 is 2.75 bits per heavy atom. The maximum absolute atomic E-state index is 11.1. The standard InChI is InChI=1S/C9H7N3O4/c1-16-9(13)8(11-10)6-3-2-4-7(5-6)12(14)15/h2-5H,1H3. The first-order valence-electron chi connectivity index (χ1n) is 4.15. The van der Waals surface area contributed by atoms with Crippen molar-refractivity contribution in [3.05, 3.63) is 45.5 Å². The van der Waals surface area contributed by atoms with E-state index in [0.29, 0.717) is 0 Å². The molecule has 0 saturated heterocycles. The topological polar surface area (TPSA) is 106 Å². The van der Waals surface area contributed by atoms with Crippen molar-refractivity contribution in [1.82, 2.24) is 0 Å². The fourth-order valence-electron chi connectivity index (χ4n) is 1.08. The van der Waals surface area contributed by atoms with E-state index >= 15 is 0 Å². The lowest BCUT2D eigenvalue weighted by Crippen LogP contribution is -2.18. The average molecular weight is 221 g/mol. The third-order valence-electron chi connectivity index (χ3n) is 1.81. The minimum absolute atomic E-state index is 0.114. The van der Waals surface area contributed by atoms with E-state index in [1.165, 1.54) is 18.2 Å². The van der Waals surface area contributed by atoms with Crippen molar-refractivity contribution in [3.8, 4) is 0 Å². The second-order valence-electron chi connectivity index (χ2n) is 2.75. The molecule has 0 aromatic heterocycles. The van der Waals surface area contributed by atoms with Gasteiger partial charge in [0.15, 0.2) is 0 Å². The molecule has 0 unspecified atom stereocenters. The second-order valence-corrected chi connectivity index (χ2v) is 2.75. The van der Waals surface area contributed by atoms with Gasteiger partial charge in [0.2, 0.25) is 0 Å². The van der Waals surface area contributed by atoms with E-state index in [1.807, 2.05) is 0 Å². The molecule has 0 aliphatic carbocycles. The molecule has 1 aromatic rings. The highest BCUT2D eigenvalue weighted by atomic mass is 16.6. The second kappa shape index (κ2) is 4.81. The van der Waals surface area contributed by atoms with Crippen LogP contribution in [0.25, 0.3) is 5.53 Å². The summed E-state index contributed by atoms with van der Waals surface area (Å²) >= 11 is 0. The molecule has 7 heteroatoms. The van der Waals surface area contributed by atoms with E-state index in [9.17, 15) is 14.9 Å². The monoisotopic (exact) mass is 221 g/mol. The molecule has 7 nitrogen and oxygen atoms in total. The third kappa shape index (κ3) is 2.28. The quantitative estimate of drug-likeness (QED) is 0.188. The number of carbonyl (C=O) groups is 1. The molecular formula is C9H7N3O4. The molecular weight excluding hydrogens is 214 g/mol. The molecule has 0 fully saturated rings. The number of methoxy groups -OCH3 is 1. The predicted molar refractivity (Wildman–Crippen MR) is 52.8 cm³/mol. The van der Waals surface area contributed by atoms with Crippen LogP contribution in [0.1, 0.15) is 5.56 Å². The minimum Gasteiger partial charge on any atom is -0.460 e. The summed E-state index contributed by atoms with van der Waals surface area (Å²) in [5.74, 6) is -0.872. The van der Waals surface area contributed by atoms with Gasteiger partial charge in [0, 0.05) is 12.1 Å². The number of rotatable bonds is 3. The summed E-state index contributed by atoms with van der Waals surface area (Å²) in [6.45, 7) is 0. The number of hydrogen-bond acceptors (Lipinski definition) is 4. The molecule has 0 spiro atoms. The van der Waals surface area contributed by atoms with E-state index in [1.54, 1.807) is 0 Å². The Morgan fingerprint density at radius 2 is 2.25 bits per heavy atom. The number of carbonyl (C=O) groups excluding carboxylic acids is 1. The van der Waals surface area contributed by atoms with Crippen molar-refractivity contribution in [3.63, 3.8) is 0 Å². The number of hydrogen-bond donors (Lipinski definition) is 0. The number of benzene rings is 1. The first kappa shape index (κ1) is 11.5. The van der Waals surface area contributed by atoms with Gasteiger partial charge in [-0.1, -0.05) is 6.07 Å². The largest absolute Gasteiger partial charge is 0.460 e. The minimum atomic E-state index is -0.872. The molecule has 0 heterocycles. The lowest BCUT2D eigenvalue weighted by atomic mass is 10.1. The summed E-state index contributed by atoms with van der Waals surface area (Å²) < 4.78 is 4.36. The van der Waals surface area contributed by atoms with Gasteiger partial charge in [0.25, 0.3) is 5.69 Å². The van der Waals surface area contributed by atoms with Crippen LogP contribution >= 0.6 is 0 Å². The van der Waals surface area contributed by atoms with Gasteiger partial charge in [0.05, 0.1) is 17.6 Å². The number of nitrogens with zero attached hydrogens (tertiary/aromatic N) is 3. The van der Waals surface area contributed by atoms with Crippen LogP contribution in [-0.2, 0) is 9.53 Å². The number of ether oxygens (including phenoxy) is 1. The van der Waals surface area contributed by atoms with Gasteiger partial charge in [-0.15, -0.1) is 0 Å². The fraction of sp³-hybridized carbons (Fsp3) is 0.111. The van der Waals surface area contributed by atoms with Crippen LogP contribution in [-0.4, -0.2) is 28.5 Å². The fourth-order valence-corrected chi connectivity index (χ4v) is 1.08. The van der Waals surface area contributed by atoms with Crippen molar-refractivity contribution >= 4 is 17.4 Å². The van der Waals surface area contributed by atoms with Crippen molar-refractivity contribution in [2.75, 3.05) is 7.11 Å². The number of nitro groups is 1. The van der Waals surface area contributed by atoms with Crippen LogP contribution in [0.5, 0.6) is 0 Å². The van der Waals surface area contributed by atoms with Gasteiger partial charge in [-0.25, -0.2) is 4.79 Å². The Labute approximate surface area is 90.0 Å². The Bertz CT molecular complexity index is 491. The number of esters is 1. The van der Waals surface area contributed by atoms with Gasteiger partial charge in [0.1, 0.15) is 0 Å². The first-order valence-corrected chi connectivity index (χ1v) is 4.15. The summed E-state index contributed by atoms with van der Waals surface area (Å²) in [7, 11) is 1.12. The molecule has 0 aliphatic heterocycles. The zero-order valence-electron chi connectivity index (χ0n) is 8.28. The molecule has 1 aromatic carbocycles. The van der Waals surface area contributed by atoms with E-state index in [2.05, 4.69) is 9.53 Å². The van der Waals surface area contributed by atoms with Crippen LogP contribution in [0.4, 0.5) is 5.69 Å². The Morgan fingerprint density at radius 1 is 1.56 bits per heavy atom. The van der Waals surface area contributed by atoms with Crippen LogP contribution in [0, 0.1) is 10.1 Å². The van der Waals surface area contributed by atoms with Crippen molar-refractivity contribution in [2.45, 2.75) is 0 Å². The average Bonchev–Trinajstić information content (AvgIpc) is 2.30. The van der Waals surface area contributed by atoms with Gasteiger partial charge >= 0.3 is 11.7 Å². The highest BCUT2D eigenvalue weighted by molar-refractivity contribution is 6.40. The van der Waals surface area contributed by atoms with E-state index in [-0.39, 0.29) is 17.0 Å². The van der Waals surface area contributed by atoms with Crippen LogP contribution in [0.2, 0.25) is 0 Å². The highest BCUT2D eigenvalue weighted by Gasteiger charge is 2.25. The van der Waals surface area contributed by atoms with E-state index in [4.69, 9.17) is 5.53 Å². The maximum Gasteiger partial charge on any atom is 0.422 e. The summed E-state index contributed by atoms with van der Waals surface area (Å²) in [5, 5.41) is 10.5. The van der Waals surface area contributed by atoms with Crippen LogP contribution in [0.15, 0.2) is 24.3 Å². The predicted octanol–water partition coefficient (Wildman–Crippen LogP) is 0.787. The van der Waals surface area contributed by atoms with Gasteiger partial charge in [-0.05, 0) is 6.07 Å². The molecule has 0 bridgehead atoms. The maximum atomic E-state index is 11.1. The SMILES string of the molecule is COC(=O)C(=[N+]=[N-])c1cccc([N+](=O)[O-])c1. The molecule has 0 aliphatic rings. The van der Waals surface area contributed by atoms with Gasteiger partial charge < -0.3 is 10.3 Å². The van der Waals surface area contributed by atoms with Gasteiger partial charge in [-0.2, -0.15) is 4.79 Å². The summed E-state index contributed by atoms with van der Waals surface area (Å²) in [6, 6.07) is 5.16. The molecule has 0 N–H and O–H groups in total. The molecule has 0 atom stereocenters. The lowest BCUT2D eigenvalue weighted by molar-refractivity contribution is -0.384. The molecule has 0 radical (unpaired) electrons. The zero-order chi connectivity index (χ0) is 12.1. The molecule has 16 heavy (non-hydrogen) atoms. The zero-order valence-corrected chi connectivity index (χ0v) is 8.28. The molecule has 0 saturated carbocycles. The lowest BCUT2D eigenvalue weighted by Gasteiger charge is -1.95. The smallest absolute Gasteiger partial charge is 0.422 e. The number of nitro benzene ring substituents is 1. The van der Waals surface area contributed by atoms with Crippen molar-refractivity contribution in [2.24, 2.45) is 0 Å². The Kier molecular flexibility index (Phi) is 3.47. The molecule has 1 rings (SSSR count). The summed E-state index contributed by atoms with van der Waals surface area (Å²) in [5.41, 5.74) is 8.15. The number of non-ortho nitro benzene ring substituents is 1. The van der Waals surface area contributed by atoms with Crippen LogP contribution < -0.4 is 0 Å². The third-order valence-corrected chi connectivity index (χ3v) is 1.81. The van der Waals surface area contributed by atoms with Crippen molar-refractivity contribution in [1.29, 1.82) is 0 Å². The normalized spacial score (nSPS) is 9.06. The Hall–Kier alpha value is -2.53. The molecule has 0 amide bonds. The van der Waals surface area contributed by atoms with Gasteiger partial charge in [-0.3, -0.25) is 10.1 Å². The highest BCUT2D eigenvalue weighted by Crippen LogP contribution is 2.13. The summed E-state index contributed by atoms with van der Waals surface area (Å²) in [6.07, 6.45) is 0. The Balaban J connectivity index is 3.22. The van der Waals surface area contributed by atoms with Crippen LogP contribution in [0.3, 0.4) is 0 Å². The first-order chi connectivity index (χ1) is 7.60. The van der Waals surface area contributed by atoms with Crippen molar-refractivity contribution < 1.29 is 19.2 Å². The van der Waals surface area contributed by atoms with E-state index < -0.39 is 10.9 Å².